The fraction of sp³-hybridized carbons (Fsp3) is 0.222. The number of carbonyl (C=O) groups excluding carboxylic acids is 2. The van der Waals surface area contributed by atoms with Gasteiger partial charge in [-0.25, -0.2) is 0 Å². The van der Waals surface area contributed by atoms with E-state index in [1.807, 2.05) is 41.8 Å². The lowest BCUT2D eigenvalue weighted by Gasteiger charge is -2.12. The van der Waals surface area contributed by atoms with Gasteiger partial charge in [0.2, 0.25) is 5.91 Å². The molecule has 124 valence electrons. The molecule has 0 saturated heterocycles. The third kappa shape index (κ3) is 3.03. The number of hydrogen-bond acceptors (Lipinski definition) is 3. The first kappa shape index (κ1) is 15.9. The van der Waals surface area contributed by atoms with Gasteiger partial charge in [-0.15, -0.1) is 0 Å². The number of furan rings is 1. The Morgan fingerprint density at radius 2 is 2.00 bits per heavy atom. The van der Waals surface area contributed by atoms with E-state index in [9.17, 15) is 9.59 Å². The van der Waals surface area contributed by atoms with Crippen molar-refractivity contribution in [3.63, 3.8) is 0 Å². The molecule has 1 aromatic carbocycles. The Hall–Kier alpha value is -3.02. The van der Waals surface area contributed by atoms with Crippen molar-refractivity contribution in [3.05, 3.63) is 59.5 Å². The molecule has 2 amide bonds. The number of fused-ring (bicyclic) bond motifs is 1. The Labute approximate surface area is 139 Å². The number of amides is 2. The van der Waals surface area contributed by atoms with E-state index in [2.05, 4.69) is 10.6 Å². The molecule has 0 spiro atoms. The molecule has 6 heteroatoms. The van der Waals surface area contributed by atoms with Gasteiger partial charge >= 0.3 is 0 Å². The monoisotopic (exact) mass is 325 g/mol. The van der Waals surface area contributed by atoms with Crippen LogP contribution >= 0.6 is 0 Å². The van der Waals surface area contributed by atoms with Crippen LogP contribution in [-0.4, -0.2) is 30.0 Å². The predicted molar refractivity (Wildman–Crippen MR) is 90.9 cm³/mol. The van der Waals surface area contributed by atoms with E-state index in [-0.39, 0.29) is 18.4 Å². The summed E-state index contributed by atoms with van der Waals surface area (Å²) in [5, 5.41) is 5.10. The number of nitrogens with one attached hydrogen (secondary N) is 2. The molecule has 0 aliphatic rings. The minimum Gasteiger partial charge on any atom is -0.463 e. The second-order valence-corrected chi connectivity index (χ2v) is 5.57. The van der Waals surface area contributed by atoms with Crippen LogP contribution in [0.3, 0.4) is 0 Å². The van der Waals surface area contributed by atoms with Gasteiger partial charge in [0.25, 0.3) is 5.91 Å². The zero-order valence-electron chi connectivity index (χ0n) is 13.6. The van der Waals surface area contributed by atoms with E-state index in [1.54, 1.807) is 12.3 Å². The average Bonchev–Trinajstić information content (AvgIpc) is 3.16. The molecule has 2 heterocycles. The molecule has 0 fully saturated rings. The number of nitrogens with zero attached hydrogens (tertiary/aromatic N) is 1. The van der Waals surface area contributed by atoms with Gasteiger partial charge in [-0.3, -0.25) is 9.59 Å². The summed E-state index contributed by atoms with van der Waals surface area (Å²) in [4.78, 5) is 23.8. The molecular weight excluding hydrogens is 306 g/mol. The van der Waals surface area contributed by atoms with Gasteiger partial charge in [0, 0.05) is 25.7 Å². The molecule has 2 aromatic heterocycles. The summed E-state index contributed by atoms with van der Waals surface area (Å²) in [7, 11) is 1.53. The Morgan fingerprint density at radius 3 is 2.75 bits per heavy atom. The third-order valence-electron chi connectivity index (χ3n) is 4.03. The summed E-state index contributed by atoms with van der Waals surface area (Å²) < 4.78 is 7.33. The molecule has 0 atom stereocenters. The Bertz CT molecular complexity index is 892. The van der Waals surface area contributed by atoms with Crippen LogP contribution in [0.4, 0.5) is 0 Å². The number of aromatic nitrogens is 1. The lowest BCUT2D eigenvalue weighted by molar-refractivity contribution is -0.119. The first-order valence-corrected chi connectivity index (χ1v) is 7.70. The summed E-state index contributed by atoms with van der Waals surface area (Å²) >= 11 is 0. The summed E-state index contributed by atoms with van der Waals surface area (Å²) in [5.74, 6) is -0.553. The van der Waals surface area contributed by atoms with Crippen molar-refractivity contribution in [2.24, 2.45) is 0 Å². The van der Waals surface area contributed by atoms with Gasteiger partial charge in [0.05, 0.1) is 18.3 Å². The van der Waals surface area contributed by atoms with Crippen LogP contribution in [0.5, 0.6) is 0 Å². The number of rotatable bonds is 5. The van der Waals surface area contributed by atoms with Crippen LogP contribution < -0.4 is 10.6 Å². The molecule has 3 aromatic rings. The van der Waals surface area contributed by atoms with E-state index in [1.165, 1.54) is 7.05 Å². The average molecular weight is 325 g/mol. The van der Waals surface area contributed by atoms with Crippen molar-refractivity contribution >= 4 is 22.9 Å². The highest BCUT2D eigenvalue weighted by Crippen LogP contribution is 2.23. The fourth-order valence-corrected chi connectivity index (χ4v) is 2.63. The number of likely N-dealkylation sites (N-methyl/N-ethyl adjacent to an activating group) is 1. The van der Waals surface area contributed by atoms with E-state index >= 15 is 0 Å². The molecule has 0 saturated carbocycles. The van der Waals surface area contributed by atoms with Crippen LogP contribution in [0.25, 0.3) is 11.1 Å². The van der Waals surface area contributed by atoms with Crippen molar-refractivity contribution in [1.29, 1.82) is 0 Å². The van der Waals surface area contributed by atoms with E-state index in [4.69, 9.17) is 4.42 Å². The van der Waals surface area contributed by atoms with Crippen molar-refractivity contribution in [1.82, 2.24) is 15.2 Å². The Kier molecular flexibility index (Phi) is 4.37. The topological polar surface area (TPSA) is 76.3 Å². The highest BCUT2D eigenvalue weighted by Gasteiger charge is 2.18. The second-order valence-electron chi connectivity index (χ2n) is 5.57. The van der Waals surface area contributed by atoms with E-state index < -0.39 is 0 Å². The van der Waals surface area contributed by atoms with Gasteiger partial charge in [-0.05, 0) is 18.1 Å². The highest BCUT2D eigenvalue weighted by molar-refractivity contribution is 5.99. The lowest BCUT2D eigenvalue weighted by atomic mass is 10.1. The van der Waals surface area contributed by atoms with Crippen molar-refractivity contribution in [3.8, 4) is 0 Å². The van der Waals surface area contributed by atoms with Crippen molar-refractivity contribution in [2.75, 3.05) is 13.6 Å². The molecule has 0 radical (unpaired) electrons. The van der Waals surface area contributed by atoms with Gasteiger partial charge in [-0.2, -0.15) is 0 Å². The Balaban J connectivity index is 1.93. The maximum atomic E-state index is 12.5. The fourth-order valence-electron chi connectivity index (χ4n) is 2.63. The van der Waals surface area contributed by atoms with Gasteiger partial charge < -0.3 is 19.6 Å². The molecule has 24 heavy (non-hydrogen) atoms. The molecule has 2 N–H and O–H groups in total. The maximum Gasteiger partial charge on any atom is 0.268 e. The highest BCUT2D eigenvalue weighted by atomic mass is 16.3. The van der Waals surface area contributed by atoms with Crippen LogP contribution in [0.15, 0.2) is 47.1 Å². The van der Waals surface area contributed by atoms with Crippen LogP contribution in [0.2, 0.25) is 0 Å². The third-order valence-corrected chi connectivity index (χ3v) is 4.03. The molecular formula is C18H19N3O3. The SMILES string of the molecule is CNC(=O)CNC(=O)c1cc2occc2n1Cc1ccccc1C. The predicted octanol–water partition coefficient (Wildman–Crippen LogP) is 2.07. The molecule has 0 unspecified atom stereocenters. The molecule has 3 rings (SSSR count). The molecule has 0 bridgehead atoms. The summed E-state index contributed by atoms with van der Waals surface area (Å²) in [6.45, 7) is 2.53. The number of benzene rings is 1. The summed E-state index contributed by atoms with van der Waals surface area (Å²) in [5.41, 5.74) is 4.24. The zero-order valence-corrected chi connectivity index (χ0v) is 13.6. The minimum atomic E-state index is -0.307. The van der Waals surface area contributed by atoms with Gasteiger partial charge in [0.15, 0.2) is 5.58 Å². The largest absolute Gasteiger partial charge is 0.463 e. The first-order valence-electron chi connectivity index (χ1n) is 7.70. The number of aryl methyl sites for hydroxylation is 1. The van der Waals surface area contributed by atoms with E-state index in [0.717, 1.165) is 16.6 Å². The quantitative estimate of drug-likeness (QED) is 0.754. The molecule has 0 aliphatic heterocycles. The van der Waals surface area contributed by atoms with Crippen LogP contribution in [0.1, 0.15) is 21.6 Å². The molecule has 0 aliphatic carbocycles. The zero-order chi connectivity index (χ0) is 17.1. The normalized spacial score (nSPS) is 10.8. The molecule has 6 nitrogen and oxygen atoms in total. The van der Waals surface area contributed by atoms with E-state index in [0.29, 0.717) is 17.8 Å². The smallest absolute Gasteiger partial charge is 0.268 e. The standard InChI is InChI=1S/C18H19N3O3/c1-12-5-3-4-6-13(12)11-21-14-7-8-24-16(14)9-15(21)18(23)20-10-17(22)19-2/h3-9H,10-11H2,1-2H3,(H,19,22)(H,20,23). The second kappa shape index (κ2) is 6.62. The number of carbonyl (C=O) groups is 2. The van der Waals surface area contributed by atoms with Crippen LogP contribution in [-0.2, 0) is 11.3 Å². The first-order chi connectivity index (χ1) is 11.6. The van der Waals surface area contributed by atoms with Crippen molar-refractivity contribution in [2.45, 2.75) is 13.5 Å². The van der Waals surface area contributed by atoms with Crippen molar-refractivity contribution < 1.29 is 14.0 Å². The van der Waals surface area contributed by atoms with Gasteiger partial charge in [-0.1, -0.05) is 24.3 Å². The summed E-state index contributed by atoms with van der Waals surface area (Å²) in [6, 6.07) is 11.6. The Morgan fingerprint density at radius 1 is 1.21 bits per heavy atom. The minimum absolute atomic E-state index is 0.0633. The van der Waals surface area contributed by atoms with Crippen LogP contribution in [0, 0.1) is 6.92 Å². The summed E-state index contributed by atoms with van der Waals surface area (Å²) in [6.07, 6.45) is 1.60. The number of hydrogen-bond donors (Lipinski definition) is 2. The van der Waals surface area contributed by atoms with Gasteiger partial charge in [0.1, 0.15) is 5.69 Å². The lowest BCUT2D eigenvalue weighted by Crippen LogP contribution is -2.36. The maximum absolute atomic E-state index is 12.5.